The zero-order chi connectivity index (χ0) is 10.9. The van der Waals surface area contributed by atoms with E-state index in [1.165, 1.54) is 5.31 Å². The molecule has 1 amide bonds. The molecule has 3 heteroatoms. The summed E-state index contributed by atoms with van der Waals surface area (Å²) >= 11 is 0. The van der Waals surface area contributed by atoms with Crippen molar-refractivity contribution in [2.24, 2.45) is 17.1 Å². The van der Waals surface area contributed by atoms with Gasteiger partial charge in [0.1, 0.15) is 0 Å². The van der Waals surface area contributed by atoms with E-state index in [2.05, 4.69) is 22.2 Å². The number of allylic oxidation sites excluding steroid dienone is 3. The largest absolute Gasteiger partial charge is 0.369 e. The van der Waals surface area contributed by atoms with Crippen LogP contribution in [0.15, 0.2) is 23.0 Å². The van der Waals surface area contributed by atoms with Gasteiger partial charge in [-0.3, -0.25) is 4.79 Å². The monoisotopic (exact) mass is 211 g/mol. The predicted molar refractivity (Wildman–Crippen MR) is 62.6 cm³/mol. The second kappa shape index (κ2) is 3.86. The molecule has 2 unspecified atom stereocenters. The molecule has 2 N–H and O–H groups in total. The molecule has 0 spiro atoms. The highest BCUT2D eigenvalue weighted by Crippen LogP contribution is 2.37. The molecular formula is C11H18NOP. The number of carbonyl (C=O) groups is 1. The van der Waals surface area contributed by atoms with E-state index in [1.54, 1.807) is 0 Å². The Morgan fingerprint density at radius 3 is 2.57 bits per heavy atom. The predicted octanol–water partition coefficient (Wildman–Crippen LogP) is 2.22. The fourth-order valence-corrected chi connectivity index (χ4v) is 1.71. The molecule has 0 fully saturated rings. The van der Waals surface area contributed by atoms with Gasteiger partial charge < -0.3 is 5.73 Å². The Hall–Kier alpha value is -0.620. The second-order valence-electron chi connectivity index (χ2n) is 4.45. The topological polar surface area (TPSA) is 43.1 Å². The molecule has 0 aromatic carbocycles. The number of rotatable bonds is 2. The van der Waals surface area contributed by atoms with Crippen LogP contribution in [0.3, 0.4) is 0 Å². The molecule has 1 aliphatic rings. The number of amides is 1. The highest BCUT2D eigenvalue weighted by Gasteiger charge is 2.31. The molecule has 0 aliphatic heterocycles. The fraction of sp³-hybridized carbons (Fsp3) is 0.545. The van der Waals surface area contributed by atoms with Crippen molar-refractivity contribution in [1.82, 2.24) is 0 Å². The summed E-state index contributed by atoms with van der Waals surface area (Å²) < 4.78 is 0. The minimum absolute atomic E-state index is 0.253. The van der Waals surface area contributed by atoms with Gasteiger partial charge in [0.05, 0.1) is 5.41 Å². The van der Waals surface area contributed by atoms with Gasteiger partial charge in [-0.05, 0) is 31.5 Å². The van der Waals surface area contributed by atoms with Crippen molar-refractivity contribution in [2.45, 2.75) is 27.2 Å². The maximum absolute atomic E-state index is 11.3. The van der Waals surface area contributed by atoms with Gasteiger partial charge in [-0.15, -0.1) is 9.24 Å². The van der Waals surface area contributed by atoms with Crippen molar-refractivity contribution in [1.29, 1.82) is 0 Å². The van der Waals surface area contributed by atoms with Crippen LogP contribution >= 0.6 is 9.24 Å². The van der Waals surface area contributed by atoms with Gasteiger partial charge in [0.2, 0.25) is 5.91 Å². The summed E-state index contributed by atoms with van der Waals surface area (Å²) in [6, 6.07) is 0. The van der Waals surface area contributed by atoms with Gasteiger partial charge in [0.15, 0.2) is 0 Å². The second-order valence-corrected chi connectivity index (χ2v) is 5.12. The minimum atomic E-state index is -0.518. The average Bonchev–Trinajstić information content (AvgIpc) is 2.09. The van der Waals surface area contributed by atoms with Gasteiger partial charge in [0.25, 0.3) is 0 Å². The lowest BCUT2D eigenvalue weighted by atomic mass is 9.77. The lowest BCUT2D eigenvalue weighted by Crippen LogP contribution is -2.34. The quantitative estimate of drug-likeness (QED) is 0.699. The standard InChI is InChI=1S/C11H18NOP/c1-7-6-8(4-5-9(7)14)11(2,3)10(12)13/h4-5,7H,6,14H2,1-3H3,(H2,12,13). The van der Waals surface area contributed by atoms with E-state index in [0.29, 0.717) is 5.92 Å². The molecule has 0 saturated carbocycles. The Balaban J connectivity index is 2.97. The van der Waals surface area contributed by atoms with E-state index >= 15 is 0 Å². The van der Waals surface area contributed by atoms with Crippen molar-refractivity contribution in [3.8, 4) is 0 Å². The molecule has 0 saturated heterocycles. The molecule has 0 heterocycles. The van der Waals surface area contributed by atoms with Crippen LogP contribution in [0.5, 0.6) is 0 Å². The normalized spacial score (nSPS) is 22.7. The summed E-state index contributed by atoms with van der Waals surface area (Å²) in [5.41, 5.74) is 5.99. The fourth-order valence-electron chi connectivity index (χ4n) is 1.50. The Bertz CT molecular complexity index is 315. The first-order chi connectivity index (χ1) is 6.35. The van der Waals surface area contributed by atoms with Gasteiger partial charge in [-0.1, -0.05) is 24.6 Å². The molecule has 1 aliphatic carbocycles. The summed E-state index contributed by atoms with van der Waals surface area (Å²) in [5.74, 6) is 0.232. The molecule has 0 aromatic rings. The van der Waals surface area contributed by atoms with Crippen molar-refractivity contribution in [3.05, 3.63) is 23.0 Å². The Kier molecular flexibility index (Phi) is 3.16. The molecule has 1 rings (SSSR count). The van der Waals surface area contributed by atoms with Crippen LogP contribution in [0, 0.1) is 11.3 Å². The summed E-state index contributed by atoms with van der Waals surface area (Å²) in [6.45, 7) is 5.92. The van der Waals surface area contributed by atoms with Crippen LogP contribution in [-0.2, 0) is 4.79 Å². The molecule has 78 valence electrons. The van der Waals surface area contributed by atoms with Crippen LogP contribution in [0.1, 0.15) is 27.2 Å². The summed E-state index contributed by atoms with van der Waals surface area (Å²) in [5, 5.41) is 1.29. The average molecular weight is 211 g/mol. The number of carbonyl (C=O) groups excluding carboxylic acids is 1. The molecular weight excluding hydrogens is 193 g/mol. The lowest BCUT2D eigenvalue weighted by molar-refractivity contribution is -0.124. The van der Waals surface area contributed by atoms with Crippen molar-refractivity contribution in [3.63, 3.8) is 0 Å². The molecule has 2 nitrogen and oxygen atoms in total. The van der Waals surface area contributed by atoms with Crippen LogP contribution in [-0.4, -0.2) is 5.91 Å². The first kappa shape index (κ1) is 11.5. The molecule has 2 atom stereocenters. The molecule has 0 radical (unpaired) electrons. The molecule has 14 heavy (non-hydrogen) atoms. The van der Waals surface area contributed by atoms with Crippen molar-refractivity contribution >= 4 is 15.1 Å². The van der Waals surface area contributed by atoms with Crippen molar-refractivity contribution in [2.75, 3.05) is 0 Å². The first-order valence-corrected chi connectivity index (χ1v) is 5.40. The maximum atomic E-state index is 11.3. The van der Waals surface area contributed by atoms with Crippen LogP contribution in [0.25, 0.3) is 0 Å². The maximum Gasteiger partial charge on any atom is 0.227 e. The summed E-state index contributed by atoms with van der Waals surface area (Å²) in [4.78, 5) is 11.3. The van der Waals surface area contributed by atoms with Crippen LogP contribution in [0.4, 0.5) is 0 Å². The number of primary amides is 1. The highest BCUT2D eigenvalue weighted by molar-refractivity contribution is 7.22. The lowest BCUT2D eigenvalue weighted by Gasteiger charge is -2.29. The van der Waals surface area contributed by atoms with Gasteiger partial charge >= 0.3 is 0 Å². The summed E-state index contributed by atoms with van der Waals surface area (Å²) in [6.07, 6.45) is 5.00. The third-order valence-electron chi connectivity index (χ3n) is 2.99. The van der Waals surface area contributed by atoms with E-state index in [-0.39, 0.29) is 5.91 Å². The third kappa shape index (κ3) is 2.06. The van der Waals surface area contributed by atoms with E-state index in [4.69, 9.17) is 5.73 Å². The zero-order valence-corrected chi connectivity index (χ0v) is 10.2. The first-order valence-electron chi connectivity index (χ1n) is 4.82. The molecule has 0 bridgehead atoms. The minimum Gasteiger partial charge on any atom is -0.369 e. The number of hydrogen-bond acceptors (Lipinski definition) is 1. The smallest absolute Gasteiger partial charge is 0.227 e. The third-order valence-corrected chi connectivity index (χ3v) is 3.75. The van der Waals surface area contributed by atoms with E-state index in [9.17, 15) is 4.79 Å². The number of nitrogens with two attached hydrogens (primary N) is 1. The van der Waals surface area contributed by atoms with E-state index < -0.39 is 5.41 Å². The van der Waals surface area contributed by atoms with Gasteiger partial charge in [-0.25, -0.2) is 0 Å². The number of hydrogen-bond donors (Lipinski definition) is 1. The Morgan fingerprint density at radius 2 is 2.14 bits per heavy atom. The summed E-state index contributed by atoms with van der Waals surface area (Å²) in [7, 11) is 2.73. The Morgan fingerprint density at radius 1 is 1.57 bits per heavy atom. The SMILES string of the molecule is CC1CC(C(C)(C)C(N)=O)=CC=C1P. The zero-order valence-electron chi connectivity index (χ0n) is 9.00. The Labute approximate surface area is 87.8 Å². The molecule has 0 aromatic heterocycles. The van der Waals surface area contributed by atoms with Gasteiger partial charge in [-0.2, -0.15) is 0 Å². The van der Waals surface area contributed by atoms with Crippen LogP contribution < -0.4 is 5.73 Å². The van der Waals surface area contributed by atoms with E-state index in [0.717, 1.165) is 12.0 Å². The van der Waals surface area contributed by atoms with Crippen molar-refractivity contribution < 1.29 is 4.79 Å². The highest BCUT2D eigenvalue weighted by atomic mass is 31.0. The van der Waals surface area contributed by atoms with E-state index in [1.807, 2.05) is 19.9 Å². The van der Waals surface area contributed by atoms with Gasteiger partial charge in [0, 0.05) is 0 Å². The van der Waals surface area contributed by atoms with Crippen LogP contribution in [0.2, 0.25) is 0 Å².